The Morgan fingerprint density at radius 2 is 2.35 bits per heavy atom. The van der Waals surface area contributed by atoms with Crippen LogP contribution in [0.1, 0.15) is 17.7 Å². The van der Waals surface area contributed by atoms with Crippen molar-refractivity contribution in [3.05, 3.63) is 22.4 Å². The molecular weight excluding hydrogens is 278 g/mol. The number of amides is 1. The number of aryl methyl sites for hydroxylation is 1. The Bertz CT molecular complexity index is 474. The van der Waals surface area contributed by atoms with E-state index in [-0.39, 0.29) is 19.1 Å². The quantitative estimate of drug-likeness (QED) is 0.866. The molecule has 1 aliphatic rings. The molecule has 1 aliphatic heterocycles. The number of thiophene rings is 1. The zero-order valence-corrected chi connectivity index (χ0v) is 12.3. The largest absolute Gasteiger partial charge is 0.481 e. The summed E-state index contributed by atoms with van der Waals surface area (Å²) in [5.41, 5.74) is -0.937. The average Bonchev–Trinajstić information content (AvgIpc) is 3.06. The number of likely N-dealkylation sites (tertiary alicyclic amines) is 1. The van der Waals surface area contributed by atoms with Crippen LogP contribution in [0.2, 0.25) is 0 Å². The molecule has 1 atom stereocenters. The van der Waals surface area contributed by atoms with Gasteiger partial charge in [-0.1, -0.05) is 6.07 Å². The summed E-state index contributed by atoms with van der Waals surface area (Å²) in [5, 5.41) is 11.3. The highest BCUT2D eigenvalue weighted by molar-refractivity contribution is 7.09. The lowest BCUT2D eigenvalue weighted by molar-refractivity contribution is -0.151. The molecule has 0 aromatic carbocycles. The van der Waals surface area contributed by atoms with Crippen molar-refractivity contribution >= 4 is 23.2 Å². The number of hydrogen-bond donors (Lipinski definition) is 1. The first kappa shape index (κ1) is 15.0. The third-order valence-corrected chi connectivity index (χ3v) is 4.68. The predicted molar refractivity (Wildman–Crippen MR) is 75.8 cm³/mol. The van der Waals surface area contributed by atoms with Crippen molar-refractivity contribution < 1.29 is 19.4 Å². The molecule has 1 aromatic rings. The highest BCUT2D eigenvalue weighted by Gasteiger charge is 2.46. The minimum absolute atomic E-state index is 0.0256. The van der Waals surface area contributed by atoms with Gasteiger partial charge in [0, 0.05) is 31.5 Å². The Morgan fingerprint density at radius 3 is 2.95 bits per heavy atom. The third-order valence-electron chi connectivity index (χ3n) is 3.75. The van der Waals surface area contributed by atoms with Gasteiger partial charge in [-0.05, 0) is 24.3 Å². The van der Waals surface area contributed by atoms with E-state index < -0.39 is 11.4 Å². The molecule has 5 nitrogen and oxygen atoms in total. The van der Waals surface area contributed by atoms with Crippen LogP contribution in [0, 0.1) is 5.41 Å². The van der Waals surface area contributed by atoms with Crippen molar-refractivity contribution in [1.82, 2.24) is 4.90 Å². The Morgan fingerprint density at radius 1 is 1.55 bits per heavy atom. The zero-order valence-electron chi connectivity index (χ0n) is 11.5. The molecule has 0 radical (unpaired) electrons. The summed E-state index contributed by atoms with van der Waals surface area (Å²) in [6.45, 7) is 0.898. The first-order valence-electron chi connectivity index (χ1n) is 6.60. The molecular formula is C14H19NO4S. The summed E-state index contributed by atoms with van der Waals surface area (Å²) in [6.07, 6.45) is 1.61. The topological polar surface area (TPSA) is 66.8 Å². The van der Waals surface area contributed by atoms with E-state index in [9.17, 15) is 14.7 Å². The smallest absolute Gasteiger partial charge is 0.313 e. The highest BCUT2D eigenvalue weighted by Crippen LogP contribution is 2.31. The van der Waals surface area contributed by atoms with E-state index in [0.717, 1.165) is 6.42 Å². The maximum absolute atomic E-state index is 12.2. The zero-order chi connectivity index (χ0) is 14.6. The molecule has 0 spiro atoms. The van der Waals surface area contributed by atoms with Crippen LogP contribution in [-0.4, -0.2) is 48.7 Å². The first-order chi connectivity index (χ1) is 9.57. The Balaban J connectivity index is 1.90. The molecule has 1 unspecified atom stereocenters. The minimum atomic E-state index is -0.937. The van der Waals surface area contributed by atoms with E-state index in [2.05, 4.69) is 0 Å². The summed E-state index contributed by atoms with van der Waals surface area (Å²) < 4.78 is 5.02. The molecule has 1 saturated heterocycles. The van der Waals surface area contributed by atoms with Gasteiger partial charge in [-0.3, -0.25) is 9.59 Å². The Labute approximate surface area is 122 Å². The van der Waals surface area contributed by atoms with Gasteiger partial charge in [-0.15, -0.1) is 11.3 Å². The molecule has 110 valence electrons. The molecule has 0 aliphatic carbocycles. The number of ether oxygens (including phenoxy) is 1. The monoisotopic (exact) mass is 297 g/mol. The normalized spacial score (nSPS) is 22.1. The predicted octanol–water partition coefficient (Wildman–Crippen LogP) is 1.63. The maximum atomic E-state index is 12.2. The van der Waals surface area contributed by atoms with Gasteiger partial charge in [0.05, 0.1) is 6.61 Å². The molecule has 0 bridgehead atoms. The molecule has 1 N–H and O–H groups in total. The van der Waals surface area contributed by atoms with Crippen molar-refractivity contribution in [2.75, 3.05) is 26.8 Å². The molecule has 20 heavy (non-hydrogen) atoms. The Hall–Kier alpha value is -1.40. The molecule has 6 heteroatoms. The highest BCUT2D eigenvalue weighted by atomic mass is 32.1. The van der Waals surface area contributed by atoms with Gasteiger partial charge in [0.15, 0.2) is 0 Å². The van der Waals surface area contributed by atoms with Gasteiger partial charge < -0.3 is 14.7 Å². The van der Waals surface area contributed by atoms with E-state index in [1.807, 2.05) is 17.5 Å². The fourth-order valence-corrected chi connectivity index (χ4v) is 3.27. The van der Waals surface area contributed by atoms with E-state index in [1.54, 1.807) is 16.2 Å². The molecule has 1 fully saturated rings. The molecule has 2 rings (SSSR count). The molecule has 2 heterocycles. The standard InChI is InChI=1S/C14H19NO4S/c1-19-10-14(13(17)18)6-7-15(9-14)12(16)5-4-11-3-2-8-20-11/h2-3,8H,4-7,9-10H2,1H3,(H,17,18). The number of rotatable bonds is 6. The van der Waals surface area contributed by atoms with Crippen LogP contribution in [0.3, 0.4) is 0 Å². The van der Waals surface area contributed by atoms with Gasteiger partial charge in [-0.2, -0.15) is 0 Å². The van der Waals surface area contributed by atoms with E-state index in [0.29, 0.717) is 19.4 Å². The number of aliphatic carboxylic acids is 1. The number of carboxylic acid groups (broad SMARTS) is 1. The van der Waals surface area contributed by atoms with Crippen LogP contribution in [0.5, 0.6) is 0 Å². The second-order valence-electron chi connectivity index (χ2n) is 5.16. The maximum Gasteiger partial charge on any atom is 0.313 e. The van der Waals surface area contributed by atoms with Crippen LogP contribution in [0.25, 0.3) is 0 Å². The van der Waals surface area contributed by atoms with Gasteiger partial charge in [0.25, 0.3) is 0 Å². The first-order valence-corrected chi connectivity index (χ1v) is 7.48. The molecule has 0 saturated carbocycles. The summed E-state index contributed by atoms with van der Waals surface area (Å²) >= 11 is 1.64. The number of carbonyl (C=O) groups is 2. The molecule has 1 aromatic heterocycles. The lowest BCUT2D eigenvalue weighted by Crippen LogP contribution is -2.40. The lowest BCUT2D eigenvalue weighted by Gasteiger charge is -2.23. The second-order valence-corrected chi connectivity index (χ2v) is 6.20. The number of methoxy groups -OCH3 is 1. The summed E-state index contributed by atoms with van der Waals surface area (Å²) in [5.74, 6) is -0.856. The Kier molecular flexibility index (Phi) is 4.77. The van der Waals surface area contributed by atoms with Gasteiger partial charge in [-0.25, -0.2) is 0 Å². The van der Waals surface area contributed by atoms with Crippen molar-refractivity contribution in [1.29, 1.82) is 0 Å². The van der Waals surface area contributed by atoms with Gasteiger partial charge >= 0.3 is 5.97 Å². The number of nitrogens with zero attached hydrogens (tertiary/aromatic N) is 1. The second kappa shape index (κ2) is 6.37. The number of carboxylic acids is 1. The van der Waals surface area contributed by atoms with Crippen LogP contribution < -0.4 is 0 Å². The lowest BCUT2D eigenvalue weighted by atomic mass is 9.88. The number of carbonyl (C=O) groups excluding carboxylic acids is 1. The van der Waals surface area contributed by atoms with Gasteiger partial charge in [0.1, 0.15) is 5.41 Å². The minimum Gasteiger partial charge on any atom is -0.481 e. The van der Waals surface area contributed by atoms with Crippen molar-refractivity contribution in [2.45, 2.75) is 19.3 Å². The fourth-order valence-electron chi connectivity index (χ4n) is 2.56. The van der Waals surface area contributed by atoms with Crippen LogP contribution in [0.4, 0.5) is 0 Å². The SMILES string of the molecule is COCC1(C(=O)O)CCN(C(=O)CCc2cccs2)C1. The van der Waals surface area contributed by atoms with Crippen molar-refractivity contribution in [3.8, 4) is 0 Å². The third kappa shape index (κ3) is 3.19. The summed E-state index contributed by atoms with van der Waals surface area (Å²) in [6, 6.07) is 3.97. The summed E-state index contributed by atoms with van der Waals surface area (Å²) in [7, 11) is 1.49. The summed E-state index contributed by atoms with van der Waals surface area (Å²) in [4.78, 5) is 26.4. The van der Waals surface area contributed by atoms with Crippen LogP contribution in [0.15, 0.2) is 17.5 Å². The average molecular weight is 297 g/mol. The van der Waals surface area contributed by atoms with E-state index >= 15 is 0 Å². The molecule has 1 amide bonds. The van der Waals surface area contributed by atoms with Crippen LogP contribution >= 0.6 is 11.3 Å². The fraction of sp³-hybridized carbons (Fsp3) is 0.571. The van der Waals surface area contributed by atoms with Crippen LogP contribution in [-0.2, 0) is 20.7 Å². The van der Waals surface area contributed by atoms with Crippen molar-refractivity contribution in [3.63, 3.8) is 0 Å². The van der Waals surface area contributed by atoms with Gasteiger partial charge in [0.2, 0.25) is 5.91 Å². The van der Waals surface area contributed by atoms with Crippen molar-refractivity contribution in [2.24, 2.45) is 5.41 Å². The number of hydrogen-bond acceptors (Lipinski definition) is 4. The van der Waals surface area contributed by atoms with E-state index in [1.165, 1.54) is 12.0 Å². The van der Waals surface area contributed by atoms with E-state index in [4.69, 9.17) is 4.74 Å².